The van der Waals surface area contributed by atoms with E-state index < -0.39 is 0 Å². The number of nitroso groups, excluding NO2 is 2. The zero-order valence-corrected chi connectivity index (χ0v) is 7.39. The summed E-state index contributed by atoms with van der Waals surface area (Å²) in [6.07, 6.45) is 10.0. The van der Waals surface area contributed by atoms with E-state index in [1.807, 2.05) is 30.7 Å². The average molecular weight is 212 g/mol. The van der Waals surface area contributed by atoms with E-state index >= 15 is 0 Å². The number of hydrogen-bond acceptors (Lipinski definition) is 4. The Balaban J connectivity index is 0. The van der Waals surface area contributed by atoms with Crippen LogP contribution in [0.1, 0.15) is 0 Å². The van der Waals surface area contributed by atoms with Crippen molar-refractivity contribution in [2.24, 2.45) is 10.4 Å². The van der Waals surface area contributed by atoms with Gasteiger partial charge in [0.2, 0.25) is 0 Å². The minimum Gasteiger partial charge on any atom is -0.151 e. The molecule has 0 heterocycles. The van der Waals surface area contributed by atoms with Gasteiger partial charge < -0.3 is 0 Å². The Morgan fingerprint density at radius 1 is 0.833 bits per heavy atom. The fourth-order valence-electron chi connectivity index (χ4n) is 0.402. The quantitative estimate of drug-likeness (QED) is 0.529. The second kappa shape index (κ2) is 12.8. The Kier molecular flexibility index (Phi) is 14.7. The summed E-state index contributed by atoms with van der Waals surface area (Å²) in [4.78, 5) is 18.2. The SMILES string of the molecule is O=NCCN=O.[CH]1C=CC=C1.[Co]. The number of rotatable bonds is 3. The van der Waals surface area contributed by atoms with Gasteiger partial charge >= 0.3 is 0 Å². The Morgan fingerprint density at radius 2 is 1.25 bits per heavy atom. The molecule has 0 bridgehead atoms. The van der Waals surface area contributed by atoms with Crippen LogP contribution < -0.4 is 0 Å². The molecule has 0 fully saturated rings. The van der Waals surface area contributed by atoms with E-state index in [1.165, 1.54) is 0 Å². The van der Waals surface area contributed by atoms with Crippen molar-refractivity contribution in [3.05, 3.63) is 40.5 Å². The van der Waals surface area contributed by atoms with E-state index in [0.717, 1.165) is 0 Å². The molecule has 1 aliphatic carbocycles. The van der Waals surface area contributed by atoms with Crippen LogP contribution in [0.5, 0.6) is 0 Å². The maximum atomic E-state index is 9.11. The third kappa shape index (κ3) is 11.9. The van der Waals surface area contributed by atoms with Crippen LogP contribution in [-0.2, 0) is 16.8 Å². The summed E-state index contributed by atoms with van der Waals surface area (Å²) in [6, 6.07) is 0. The molecule has 0 saturated heterocycles. The first-order chi connectivity index (χ1) is 5.41. The second-order valence-corrected chi connectivity index (χ2v) is 1.67. The molecule has 0 saturated carbocycles. The van der Waals surface area contributed by atoms with Gasteiger partial charge in [0.05, 0.1) is 0 Å². The van der Waals surface area contributed by atoms with Crippen LogP contribution in [-0.4, -0.2) is 13.1 Å². The second-order valence-electron chi connectivity index (χ2n) is 1.67. The molecule has 4 nitrogen and oxygen atoms in total. The molecular weight excluding hydrogens is 203 g/mol. The molecular formula is C7H9CoN2O2. The molecule has 0 aromatic carbocycles. The van der Waals surface area contributed by atoms with Crippen molar-refractivity contribution in [1.82, 2.24) is 0 Å². The summed E-state index contributed by atoms with van der Waals surface area (Å²) in [5, 5.41) is 4.76. The van der Waals surface area contributed by atoms with Gasteiger partial charge in [0.25, 0.3) is 0 Å². The van der Waals surface area contributed by atoms with Crippen LogP contribution in [0, 0.1) is 16.2 Å². The smallest absolute Gasteiger partial charge is 0.104 e. The maximum Gasteiger partial charge on any atom is 0.104 e. The van der Waals surface area contributed by atoms with Crippen molar-refractivity contribution >= 4 is 0 Å². The third-order valence-corrected chi connectivity index (χ3v) is 0.838. The van der Waals surface area contributed by atoms with Crippen molar-refractivity contribution in [1.29, 1.82) is 0 Å². The average Bonchev–Trinajstić information content (AvgIpc) is 2.57. The molecule has 2 radical (unpaired) electrons. The van der Waals surface area contributed by atoms with Crippen LogP contribution in [0.25, 0.3) is 0 Å². The molecule has 12 heavy (non-hydrogen) atoms. The van der Waals surface area contributed by atoms with Crippen LogP contribution >= 0.6 is 0 Å². The summed E-state index contributed by atoms with van der Waals surface area (Å²) in [5.41, 5.74) is 0. The van der Waals surface area contributed by atoms with E-state index in [2.05, 4.69) is 10.4 Å². The summed E-state index contributed by atoms with van der Waals surface area (Å²) >= 11 is 0. The van der Waals surface area contributed by atoms with E-state index in [0.29, 0.717) is 0 Å². The van der Waals surface area contributed by atoms with Gasteiger partial charge in [-0.1, -0.05) is 34.7 Å². The van der Waals surface area contributed by atoms with Crippen molar-refractivity contribution in [2.75, 3.05) is 13.1 Å². The van der Waals surface area contributed by atoms with Gasteiger partial charge in [0.1, 0.15) is 13.1 Å². The van der Waals surface area contributed by atoms with E-state index in [1.54, 1.807) is 0 Å². The monoisotopic (exact) mass is 212 g/mol. The van der Waals surface area contributed by atoms with Crippen molar-refractivity contribution in [3.8, 4) is 0 Å². The molecule has 0 N–H and O–H groups in total. The number of allylic oxidation sites excluding steroid dienone is 4. The topological polar surface area (TPSA) is 58.9 Å². The summed E-state index contributed by atoms with van der Waals surface area (Å²) in [6.45, 7) is 0.00694. The van der Waals surface area contributed by atoms with Crippen LogP contribution in [0.3, 0.4) is 0 Å². The van der Waals surface area contributed by atoms with Crippen LogP contribution in [0.15, 0.2) is 34.7 Å². The van der Waals surface area contributed by atoms with E-state index in [9.17, 15) is 0 Å². The van der Waals surface area contributed by atoms with Gasteiger partial charge in [-0.2, -0.15) is 9.81 Å². The van der Waals surface area contributed by atoms with Crippen molar-refractivity contribution < 1.29 is 16.8 Å². The zero-order valence-electron chi connectivity index (χ0n) is 6.35. The number of nitrogens with zero attached hydrogens (tertiary/aromatic N) is 2. The van der Waals surface area contributed by atoms with Gasteiger partial charge in [0, 0.05) is 23.2 Å². The predicted molar refractivity (Wildman–Crippen MR) is 43.9 cm³/mol. The van der Waals surface area contributed by atoms with Gasteiger partial charge in [-0.3, -0.25) is 0 Å². The summed E-state index contributed by atoms with van der Waals surface area (Å²) in [7, 11) is 0. The Bertz CT molecular complexity index is 151. The molecule has 1 rings (SSSR count). The Hall–Kier alpha value is -0.814. The molecule has 68 valence electrons. The summed E-state index contributed by atoms with van der Waals surface area (Å²) in [5.74, 6) is 0. The van der Waals surface area contributed by atoms with E-state index in [4.69, 9.17) is 9.81 Å². The van der Waals surface area contributed by atoms with Gasteiger partial charge in [0.15, 0.2) is 0 Å². The first-order valence-corrected chi connectivity index (χ1v) is 3.16. The fraction of sp³-hybridized carbons (Fsp3) is 0.286. The minimum absolute atomic E-state index is 0. The minimum atomic E-state index is 0. The first kappa shape index (κ1) is 13.8. The molecule has 0 aliphatic heterocycles. The van der Waals surface area contributed by atoms with Gasteiger partial charge in [-0.05, 0) is 0 Å². The molecule has 0 aromatic heterocycles. The molecule has 0 spiro atoms. The van der Waals surface area contributed by atoms with E-state index in [-0.39, 0.29) is 29.9 Å². The van der Waals surface area contributed by atoms with Gasteiger partial charge in [-0.25, -0.2) is 0 Å². The van der Waals surface area contributed by atoms with Crippen LogP contribution in [0.4, 0.5) is 0 Å². The van der Waals surface area contributed by atoms with Gasteiger partial charge in [-0.15, -0.1) is 0 Å². The Labute approximate surface area is 81.3 Å². The zero-order chi connectivity index (χ0) is 8.36. The molecule has 0 unspecified atom stereocenters. The number of hydrogen-bond donors (Lipinski definition) is 0. The molecule has 1 aliphatic rings. The molecule has 0 atom stereocenters. The molecule has 0 aromatic rings. The normalized spacial score (nSPS) is 11.0. The summed E-state index contributed by atoms with van der Waals surface area (Å²) < 4.78 is 0. The third-order valence-electron chi connectivity index (χ3n) is 0.838. The maximum absolute atomic E-state index is 9.11. The largest absolute Gasteiger partial charge is 0.151 e. The van der Waals surface area contributed by atoms with Crippen LogP contribution in [0.2, 0.25) is 0 Å². The van der Waals surface area contributed by atoms with Crippen molar-refractivity contribution in [2.45, 2.75) is 0 Å². The first-order valence-electron chi connectivity index (χ1n) is 3.16. The fourth-order valence-corrected chi connectivity index (χ4v) is 0.402. The van der Waals surface area contributed by atoms with Crippen molar-refractivity contribution in [3.63, 3.8) is 0 Å². The Morgan fingerprint density at radius 3 is 1.42 bits per heavy atom. The molecule has 5 heteroatoms. The molecule has 0 amide bonds. The predicted octanol–water partition coefficient (Wildman–Crippen LogP) is 1.83. The standard InChI is InChI=1S/C5H5.C2H4N2O2.Co/c1-2-4-5-3-1;5-3-1-2-4-6;/h1-5H;1-2H2;.